The highest BCUT2D eigenvalue weighted by atomic mass is 15.1. The van der Waals surface area contributed by atoms with Gasteiger partial charge in [-0.15, -0.1) is 0 Å². The molecule has 1 aromatic carbocycles. The first-order chi connectivity index (χ1) is 8.86. The minimum atomic E-state index is 0.231. The zero-order chi connectivity index (χ0) is 13.8. The topological polar surface area (TPSA) is 6.48 Å². The van der Waals surface area contributed by atoms with Gasteiger partial charge in [-0.1, -0.05) is 26.8 Å². The van der Waals surface area contributed by atoms with E-state index >= 15 is 0 Å². The Balaban J connectivity index is 2.18. The van der Waals surface area contributed by atoms with Crippen LogP contribution in [-0.2, 0) is 12.0 Å². The van der Waals surface area contributed by atoms with Gasteiger partial charge in [-0.05, 0) is 41.6 Å². The molecule has 2 aliphatic heterocycles. The fourth-order valence-corrected chi connectivity index (χ4v) is 3.58. The Kier molecular flexibility index (Phi) is 2.90. The number of anilines is 1. The van der Waals surface area contributed by atoms with Gasteiger partial charge in [0.25, 0.3) is 0 Å². The molecular weight excluding hydrogens is 232 g/mol. The standard InChI is InChI=1S/C17H26N2/c1-17(2,3)14-8-13-11-18(4)10-12-6-7-19(5)15(9-14)16(12)13/h8-9,12H,6-7,10-11H2,1-5H3. The molecule has 0 spiro atoms. The summed E-state index contributed by atoms with van der Waals surface area (Å²) >= 11 is 0. The number of nitrogens with zero attached hydrogens (tertiary/aromatic N) is 2. The van der Waals surface area contributed by atoms with Crippen LogP contribution >= 0.6 is 0 Å². The van der Waals surface area contributed by atoms with E-state index in [4.69, 9.17) is 0 Å². The third-order valence-corrected chi connectivity index (χ3v) is 4.71. The Morgan fingerprint density at radius 1 is 1.16 bits per heavy atom. The summed E-state index contributed by atoms with van der Waals surface area (Å²) in [5.41, 5.74) is 6.40. The molecule has 0 saturated carbocycles. The summed E-state index contributed by atoms with van der Waals surface area (Å²) in [6, 6.07) is 4.90. The Morgan fingerprint density at radius 3 is 2.58 bits per heavy atom. The Labute approximate surface area is 117 Å². The van der Waals surface area contributed by atoms with Crippen LogP contribution in [0.1, 0.15) is 49.8 Å². The first kappa shape index (κ1) is 13.0. The van der Waals surface area contributed by atoms with Gasteiger partial charge in [0.2, 0.25) is 0 Å². The maximum atomic E-state index is 2.48. The van der Waals surface area contributed by atoms with Crippen molar-refractivity contribution < 1.29 is 0 Å². The third kappa shape index (κ3) is 2.16. The van der Waals surface area contributed by atoms with Crippen molar-refractivity contribution in [1.82, 2.24) is 4.90 Å². The molecule has 0 radical (unpaired) electrons. The summed E-state index contributed by atoms with van der Waals surface area (Å²) in [4.78, 5) is 4.93. The molecule has 0 bridgehead atoms. The van der Waals surface area contributed by atoms with Crippen LogP contribution in [0.2, 0.25) is 0 Å². The predicted octanol–water partition coefficient (Wildman–Crippen LogP) is 3.35. The number of benzene rings is 1. The van der Waals surface area contributed by atoms with Gasteiger partial charge in [-0.25, -0.2) is 0 Å². The minimum absolute atomic E-state index is 0.231. The van der Waals surface area contributed by atoms with Crippen molar-refractivity contribution in [3.63, 3.8) is 0 Å². The van der Waals surface area contributed by atoms with Gasteiger partial charge in [0, 0.05) is 38.3 Å². The summed E-state index contributed by atoms with van der Waals surface area (Å²) < 4.78 is 0. The van der Waals surface area contributed by atoms with Gasteiger partial charge < -0.3 is 9.80 Å². The number of likely N-dealkylation sites (N-methyl/N-ethyl adjacent to an activating group) is 1. The Morgan fingerprint density at radius 2 is 1.89 bits per heavy atom. The molecule has 19 heavy (non-hydrogen) atoms. The first-order valence-corrected chi connectivity index (χ1v) is 7.43. The van der Waals surface area contributed by atoms with Crippen LogP contribution < -0.4 is 4.90 Å². The van der Waals surface area contributed by atoms with Crippen molar-refractivity contribution in [1.29, 1.82) is 0 Å². The van der Waals surface area contributed by atoms with Crippen molar-refractivity contribution in [3.8, 4) is 0 Å². The number of rotatable bonds is 0. The molecular formula is C17H26N2. The monoisotopic (exact) mass is 258 g/mol. The lowest BCUT2D eigenvalue weighted by molar-refractivity contribution is 0.271. The van der Waals surface area contributed by atoms with Gasteiger partial charge in [-0.2, -0.15) is 0 Å². The molecule has 2 heteroatoms. The molecule has 1 aromatic rings. The largest absolute Gasteiger partial charge is 0.374 e. The molecule has 3 rings (SSSR count). The van der Waals surface area contributed by atoms with Crippen LogP contribution in [0.3, 0.4) is 0 Å². The van der Waals surface area contributed by atoms with Crippen LogP contribution in [0.25, 0.3) is 0 Å². The van der Waals surface area contributed by atoms with Crippen molar-refractivity contribution in [3.05, 3.63) is 28.8 Å². The predicted molar refractivity (Wildman–Crippen MR) is 82.1 cm³/mol. The highest BCUT2D eigenvalue weighted by Gasteiger charge is 2.32. The number of hydrogen-bond donors (Lipinski definition) is 0. The first-order valence-electron chi connectivity index (χ1n) is 7.43. The van der Waals surface area contributed by atoms with Crippen molar-refractivity contribution in [2.24, 2.45) is 0 Å². The van der Waals surface area contributed by atoms with E-state index in [0.717, 1.165) is 12.5 Å². The van der Waals surface area contributed by atoms with E-state index in [9.17, 15) is 0 Å². The number of hydrogen-bond acceptors (Lipinski definition) is 2. The second kappa shape index (κ2) is 4.24. The van der Waals surface area contributed by atoms with Gasteiger partial charge in [-0.3, -0.25) is 0 Å². The van der Waals surface area contributed by atoms with E-state index in [2.05, 4.69) is 56.8 Å². The second-order valence-electron chi connectivity index (χ2n) is 7.42. The summed E-state index contributed by atoms with van der Waals surface area (Å²) in [5, 5.41) is 0. The maximum Gasteiger partial charge on any atom is 0.0405 e. The molecule has 1 atom stereocenters. The van der Waals surface area contributed by atoms with Gasteiger partial charge >= 0.3 is 0 Å². The van der Waals surface area contributed by atoms with E-state index in [1.54, 1.807) is 11.1 Å². The average Bonchev–Trinajstić information content (AvgIpc) is 2.31. The molecule has 0 saturated heterocycles. The van der Waals surface area contributed by atoms with Crippen LogP contribution in [0.5, 0.6) is 0 Å². The normalized spacial score (nSPS) is 23.4. The lowest BCUT2D eigenvalue weighted by Gasteiger charge is -2.41. The van der Waals surface area contributed by atoms with Crippen molar-refractivity contribution in [2.75, 3.05) is 32.1 Å². The quantitative estimate of drug-likeness (QED) is 0.704. The van der Waals surface area contributed by atoms with Crippen molar-refractivity contribution in [2.45, 2.75) is 45.1 Å². The third-order valence-electron chi connectivity index (χ3n) is 4.71. The highest BCUT2D eigenvalue weighted by Crippen LogP contribution is 2.43. The molecule has 0 amide bonds. The van der Waals surface area contributed by atoms with Crippen LogP contribution in [0.15, 0.2) is 12.1 Å². The molecule has 2 nitrogen and oxygen atoms in total. The summed E-state index contributed by atoms with van der Waals surface area (Å²) in [6.07, 6.45) is 1.30. The maximum absolute atomic E-state index is 2.48. The second-order valence-corrected chi connectivity index (χ2v) is 7.42. The van der Waals surface area contributed by atoms with E-state index in [0.29, 0.717) is 0 Å². The smallest absolute Gasteiger partial charge is 0.0405 e. The molecule has 0 aromatic heterocycles. The zero-order valence-corrected chi connectivity index (χ0v) is 13.0. The fourth-order valence-electron chi connectivity index (χ4n) is 3.58. The lowest BCUT2D eigenvalue weighted by Crippen LogP contribution is -2.38. The Bertz CT molecular complexity index is 499. The summed E-state index contributed by atoms with van der Waals surface area (Å²) in [6.45, 7) is 10.5. The van der Waals surface area contributed by atoms with Gasteiger partial charge in [0.05, 0.1) is 0 Å². The van der Waals surface area contributed by atoms with Crippen molar-refractivity contribution >= 4 is 5.69 Å². The van der Waals surface area contributed by atoms with Crippen LogP contribution in [0, 0.1) is 0 Å². The molecule has 1 unspecified atom stereocenters. The minimum Gasteiger partial charge on any atom is -0.374 e. The zero-order valence-electron chi connectivity index (χ0n) is 13.0. The van der Waals surface area contributed by atoms with Crippen LogP contribution in [0.4, 0.5) is 5.69 Å². The average molecular weight is 258 g/mol. The lowest BCUT2D eigenvalue weighted by atomic mass is 9.78. The highest BCUT2D eigenvalue weighted by molar-refractivity contribution is 5.63. The van der Waals surface area contributed by atoms with E-state index < -0.39 is 0 Å². The van der Waals surface area contributed by atoms with E-state index in [-0.39, 0.29) is 5.41 Å². The van der Waals surface area contributed by atoms with E-state index in [1.807, 2.05) is 0 Å². The SMILES string of the molecule is CN1Cc2cc(C(C)(C)C)cc3c2C(CCN3C)C1. The van der Waals surface area contributed by atoms with E-state index in [1.165, 1.54) is 30.8 Å². The molecule has 2 aliphatic rings. The molecule has 2 heterocycles. The molecule has 104 valence electrons. The molecule has 0 fully saturated rings. The van der Waals surface area contributed by atoms with Gasteiger partial charge in [0.1, 0.15) is 0 Å². The molecule has 0 N–H and O–H groups in total. The summed E-state index contributed by atoms with van der Waals surface area (Å²) in [7, 11) is 4.50. The Hall–Kier alpha value is -1.02. The van der Waals surface area contributed by atoms with Gasteiger partial charge in [0.15, 0.2) is 0 Å². The molecule has 0 aliphatic carbocycles. The van der Waals surface area contributed by atoms with Crippen LogP contribution in [-0.4, -0.2) is 32.1 Å². The summed E-state index contributed by atoms with van der Waals surface area (Å²) in [5.74, 6) is 0.744. The fraction of sp³-hybridized carbons (Fsp3) is 0.647.